The highest BCUT2D eigenvalue weighted by Crippen LogP contribution is 2.23. The van der Waals surface area contributed by atoms with Gasteiger partial charge in [-0.2, -0.15) is 0 Å². The average Bonchev–Trinajstić information content (AvgIpc) is 3.05. The molecule has 0 aliphatic carbocycles. The molecule has 0 unspecified atom stereocenters. The molecule has 0 bridgehead atoms. The number of aryl methyl sites for hydroxylation is 2. The van der Waals surface area contributed by atoms with E-state index in [1.165, 1.54) is 4.88 Å². The number of rotatable bonds is 5. The van der Waals surface area contributed by atoms with E-state index in [1.807, 2.05) is 18.3 Å². The van der Waals surface area contributed by atoms with E-state index in [0.29, 0.717) is 0 Å². The molecule has 0 amide bonds. The molecule has 2 aromatic heterocycles. The number of imidazole rings is 1. The van der Waals surface area contributed by atoms with Crippen molar-refractivity contribution in [3.63, 3.8) is 0 Å². The van der Waals surface area contributed by atoms with Gasteiger partial charge in [0.1, 0.15) is 10.8 Å². The Morgan fingerprint density at radius 3 is 2.86 bits per heavy atom. The van der Waals surface area contributed by atoms with Crippen LogP contribution < -0.4 is 5.73 Å². The fraction of sp³-hybridized carbons (Fsp3) is 0.375. The van der Waals surface area contributed by atoms with E-state index in [9.17, 15) is 0 Å². The highest BCUT2D eigenvalue weighted by Gasteiger charge is 2.12. The molecule has 21 heavy (non-hydrogen) atoms. The van der Waals surface area contributed by atoms with Crippen molar-refractivity contribution in [1.82, 2.24) is 14.5 Å². The molecule has 0 saturated heterocycles. The standard InChI is InChI=1S/C16H20N4S/c1-3-5-15-19-13-8-11(17)6-7-14(13)20(15)10-16-18-9-12(4-2)21-16/h6-9H,3-5,10,17H2,1-2H3. The number of hydrogen-bond donors (Lipinski definition) is 1. The molecule has 5 heteroatoms. The second-order valence-electron chi connectivity index (χ2n) is 5.19. The highest BCUT2D eigenvalue weighted by atomic mass is 32.1. The molecule has 0 radical (unpaired) electrons. The van der Waals surface area contributed by atoms with Crippen molar-refractivity contribution >= 4 is 28.1 Å². The van der Waals surface area contributed by atoms with E-state index in [-0.39, 0.29) is 0 Å². The van der Waals surface area contributed by atoms with Crippen molar-refractivity contribution in [3.05, 3.63) is 40.1 Å². The maximum absolute atomic E-state index is 5.87. The quantitative estimate of drug-likeness (QED) is 0.732. The summed E-state index contributed by atoms with van der Waals surface area (Å²) >= 11 is 1.79. The summed E-state index contributed by atoms with van der Waals surface area (Å²) < 4.78 is 2.27. The molecule has 2 N–H and O–H groups in total. The number of nitrogen functional groups attached to an aromatic ring is 1. The van der Waals surface area contributed by atoms with Crippen LogP contribution >= 0.6 is 11.3 Å². The van der Waals surface area contributed by atoms with Crippen molar-refractivity contribution < 1.29 is 0 Å². The fourth-order valence-corrected chi connectivity index (χ4v) is 3.36. The molecule has 1 aromatic carbocycles. The Labute approximate surface area is 128 Å². The highest BCUT2D eigenvalue weighted by molar-refractivity contribution is 7.11. The van der Waals surface area contributed by atoms with Crippen molar-refractivity contribution in [2.75, 3.05) is 5.73 Å². The van der Waals surface area contributed by atoms with Crippen LogP contribution in [-0.4, -0.2) is 14.5 Å². The van der Waals surface area contributed by atoms with Gasteiger partial charge < -0.3 is 10.3 Å². The number of benzene rings is 1. The number of anilines is 1. The number of aromatic nitrogens is 3. The van der Waals surface area contributed by atoms with E-state index in [2.05, 4.69) is 29.5 Å². The zero-order chi connectivity index (χ0) is 14.8. The van der Waals surface area contributed by atoms with Crippen LogP contribution in [0.1, 0.15) is 36.0 Å². The van der Waals surface area contributed by atoms with Crippen LogP contribution in [0.4, 0.5) is 5.69 Å². The molecule has 0 spiro atoms. The molecule has 0 aliphatic heterocycles. The summed E-state index contributed by atoms with van der Waals surface area (Å²) in [6.45, 7) is 5.13. The number of hydrogen-bond acceptors (Lipinski definition) is 4. The van der Waals surface area contributed by atoms with Gasteiger partial charge >= 0.3 is 0 Å². The Balaban J connectivity index is 2.03. The Bertz CT molecular complexity index is 757. The SMILES string of the molecule is CCCc1nc2cc(N)ccc2n1Cc1ncc(CC)s1. The Hall–Kier alpha value is -1.88. The van der Waals surface area contributed by atoms with E-state index < -0.39 is 0 Å². The van der Waals surface area contributed by atoms with Crippen LogP contribution in [-0.2, 0) is 19.4 Å². The molecule has 110 valence electrons. The van der Waals surface area contributed by atoms with Gasteiger partial charge in [-0.1, -0.05) is 13.8 Å². The van der Waals surface area contributed by atoms with E-state index >= 15 is 0 Å². The van der Waals surface area contributed by atoms with Crippen molar-refractivity contribution in [3.8, 4) is 0 Å². The van der Waals surface area contributed by atoms with Gasteiger partial charge in [0, 0.05) is 23.2 Å². The monoisotopic (exact) mass is 300 g/mol. The van der Waals surface area contributed by atoms with Crippen LogP contribution in [0.15, 0.2) is 24.4 Å². The molecule has 4 nitrogen and oxygen atoms in total. The lowest BCUT2D eigenvalue weighted by Crippen LogP contribution is -2.04. The van der Waals surface area contributed by atoms with Crippen molar-refractivity contribution in [2.45, 2.75) is 39.7 Å². The molecule has 2 heterocycles. The lowest BCUT2D eigenvalue weighted by Gasteiger charge is -2.06. The Morgan fingerprint density at radius 2 is 2.14 bits per heavy atom. The largest absolute Gasteiger partial charge is 0.399 e. The van der Waals surface area contributed by atoms with Crippen LogP contribution in [0.3, 0.4) is 0 Å². The lowest BCUT2D eigenvalue weighted by atomic mass is 10.3. The average molecular weight is 300 g/mol. The number of nitrogens with two attached hydrogens (primary N) is 1. The van der Waals surface area contributed by atoms with Crippen molar-refractivity contribution in [2.24, 2.45) is 0 Å². The smallest absolute Gasteiger partial charge is 0.113 e. The van der Waals surface area contributed by atoms with E-state index in [1.54, 1.807) is 11.3 Å². The number of nitrogens with zero attached hydrogens (tertiary/aromatic N) is 3. The van der Waals surface area contributed by atoms with Gasteiger partial charge in [0.05, 0.1) is 17.6 Å². The zero-order valence-electron chi connectivity index (χ0n) is 12.5. The minimum absolute atomic E-state index is 0.762. The minimum Gasteiger partial charge on any atom is -0.399 e. The first kappa shape index (κ1) is 14.1. The topological polar surface area (TPSA) is 56.7 Å². The predicted molar refractivity (Wildman–Crippen MR) is 88.7 cm³/mol. The molecular formula is C16H20N4S. The van der Waals surface area contributed by atoms with Gasteiger partial charge in [-0.3, -0.25) is 0 Å². The molecule has 0 fully saturated rings. The third-order valence-corrected chi connectivity index (χ3v) is 4.69. The molecular weight excluding hydrogens is 280 g/mol. The first-order valence-corrected chi connectivity index (χ1v) is 8.21. The first-order valence-electron chi connectivity index (χ1n) is 7.39. The summed E-state index contributed by atoms with van der Waals surface area (Å²) in [4.78, 5) is 10.6. The van der Waals surface area contributed by atoms with Gasteiger partial charge in [0.15, 0.2) is 0 Å². The van der Waals surface area contributed by atoms with E-state index in [0.717, 1.165) is 53.4 Å². The lowest BCUT2D eigenvalue weighted by molar-refractivity contribution is 0.719. The number of thiazole rings is 1. The third-order valence-electron chi connectivity index (χ3n) is 3.57. The maximum Gasteiger partial charge on any atom is 0.113 e. The summed E-state index contributed by atoms with van der Waals surface area (Å²) in [7, 11) is 0. The molecule has 3 aromatic rings. The molecule has 0 atom stereocenters. The summed E-state index contributed by atoms with van der Waals surface area (Å²) in [5, 5.41) is 1.14. The van der Waals surface area contributed by atoms with Crippen LogP contribution in [0.25, 0.3) is 11.0 Å². The summed E-state index contributed by atoms with van der Waals surface area (Å²) in [6.07, 6.45) is 5.08. The van der Waals surface area contributed by atoms with Gasteiger partial charge in [-0.05, 0) is 31.0 Å². The Morgan fingerprint density at radius 1 is 1.29 bits per heavy atom. The summed E-state index contributed by atoms with van der Waals surface area (Å²) in [6, 6.07) is 5.95. The van der Waals surface area contributed by atoms with E-state index in [4.69, 9.17) is 10.7 Å². The van der Waals surface area contributed by atoms with Crippen LogP contribution in [0, 0.1) is 0 Å². The zero-order valence-corrected chi connectivity index (χ0v) is 13.3. The number of fused-ring (bicyclic) bond motifs is 1. The first-order chi connectivity index (χ1) is 10.2. The minimum atomic E-state index is 0.762. The fourth-order valence-electron chi connectivity index (χ4n) is 2.51. The van der Waals surface area contributed by atoms with Crippen LogP contribution in [0.5, 0.6) is 0 Å². The summed E-state index contributed by atoms with van der Waals surface area (Å²) in [5.41, 5.74) is 8.75. The van der Waals surface area contributed by atoms with Gasteiger partial charge in [-0.25, -0.2) is 9.97 Å². The normalized spacial score (nSPS) is 11.3. The van der Waals surface area contributed by atoms with Gasteiger partial charge in [0.25, 0.3) is 0 Å². The maximum atomic E-state index is 5.87. The summed E-state index contributed by atoms with van der Waals surface area (Å²) in [5.74, 6) is 1.12. The predicted octanol–water partition coefficient (Wildman–Crippen LogP) is 3.64. The molecule has 0 aliphatic rings. The molecule has 3 rings (SSSR count). The van der Waals surface area contributed by atoms with Gasteiger partial charge in [0.2, 0.25) is 0 Å². The second-order valence-corrected chi connectivity index (χ2v) is 6.39. The van der Waals surface area contributed by atoms with Crippen molar-refractivity contribution in [1.29, 1.82) is 0 Å². The van der Waals surface area contributed by atoms with Gasteiger partial charge in [-0.15, -0.1) is 11.3 Å². The third kappa shape index (κ3) is 2.78. The Kier molecular flexibility index (Phi) is 3.92. The van der Waals surface area contributed by atoms with Crippen LogP contribution in [0.2, 0.25) is 0 Å². The second kappa shape index (κ2) is 5.85. The molecule has 0 saturated carbocycles.